The van der Waals surface area contributed by atoms with Crippen molar-refractivity contribution in [3.05, 3.63) is 41.3 Å². The van der Waals surface area contributed by atoms with Gasteiger partial charge in [-0.05, 0) is 24.6 Å². The summed E-state index contributed by atoms with van der Waals surface area (Å²) in [4.78, 5) is 17.6. The van der Waals surface area contributed by atoms with Crippen LogP contribution in [0.2, 0.25) is 5.02 Å². The molecule has 0 atom stereocenters. The molecule has 0 aromatic carbocycles. The molecule has 0 saturated heterocycles. The number of anilines is 1. The van der Waals surface area contributed by atoms with Gasteiger partial charge in [0.15, 0.2) is 0 Å². The molecule has 1 amide bonds. The van der Waals surface area contributed by atoms with E-state index < -0.39 is 0 Å². The van der Waals surface area contributed by atoms with Gasteiger partial charge in [0.1, 0.15) is 5.82 Å². The summed E-state index contributed by atoms with van der Waals surface area (Å²) in [6, 6.07) is 3.43. The highest BCUT2D eigenvalue weighted by Gasteiger charge is 2.12. The van der Waals surface area contributed by atoms with E-state index in [-0.39, 0.29) is 5.91 Å². The zero-order valence-electron chi connectivity index (χ0n) is 10.9. The van der Waals surface area contributed by atoms with Crippen molar-refractivity contribution in [3.8, 4) is 0 Å². The topological polar surface area (TPSA) is 51.0 Å². The average Bonchev–Trinajstić information content (AvgIpc) is 2.82. The molecule has 2 heterocycles. The lowest BCUT2D eigenvalue weighted by atomic mass is 10.3. The average molecular weight is 279 g/mol. The van der Waals surface area contributed by atoms with Crippen molar-refractivity contribution in [2.24, 2.45) is 0 Å². The van der Waals surface area contributed by atoms with Crippen molar-refractivity contribution >= 4 is 23.3 Å². The molecule has 0 aliphatic heterocycles. The molecule has 5 nitrogen and oxygen atoms in total. The molecule has 0 aliphatic rings. The summed E-state index contributed by atoms with van der Waals surface area (Å²) in [7, 11) is 1.70. The minimum absolute atomic E-state index is 0.0111. The Balaban J connectivity index is 1.94. The van der Waals surface area contributed by atoms with Crippen molar-refractivity contribution in [1.29, 1.82) is 0 Å². The van der Waals surface area contributed by atoms with Crippen molar-refractivity contribution in [1.82, 2.24) is 14.8 Å². The van der Waals surface area contributed by atoms with E-state index in [1.54, 1.807) is 30.1 Å². The second-order valence-electron chi connectivity index (χ2n) is 4.32. The van der Waals surface area contributed by atoms with Gasteiger partial charge in [-0.1, -0.05) is 11.6 Å². The molecule has 0 spiro atoms. The molecular weight excluding hydrogens is 264 g/mol. The van der Waals surface area contributed by atoms with Crippen LogP contribution in [0.3, 0.4) is 0 Å². The molecule has 0 unspecified atom stereocenters. The lowest BCUT2D eigenvalue weighted by Crippen LogP contribution is -2.27. The van der Waals surface area contributed by atoms with Crippen LogP contribution in [0.5, 0.6) is 0 Å². The molecule has 0 radical (unpaired) electrons. The number of carbonyl (C=O) groups is 1. The van der Waals surface area contributed by atoms with Crippen LogP contribution in [0, 0.1) is 6.92 Å². The Labute approximate surface area is 116 Å². The van der Waals surface area contributed by atoms with Gasteiger partial charge in [0.2, 0.25) is 5.91 Å². The normalized spacial score (nSPS) is 10.5. The lowest BCUT2D eigenvalue weighted by molar-refractivity contribution is -0.118. The number of pyridine rings is 1. The van der Waals surface area contributed by atoms with E-state index >= 15 is 0 Å². The Morgan fingerprint density at radius 1 is 1.42 bits per heavy atom. The number of aryl methyl sites for hydroxylation is 2. The molecule has 2 aromatic heterocycles. The van der Waals surface area contributed by atoms with Crippen molar-refractivity contribution < 1.29 is 4.79 Å². The molecular formula is C13H15ClN4O. The minimum Gasteiger partial charge on any atom is -0.300 e. The molecule has 2 rings (SSSR count). The van der Waals surface area contributed by atoms with Crippen LogP contribution in [0.15, 0.2) is 30.7 Å². The minimum atomic E-state index is -0.0111. The number of hydrogen-bond donors (Lipinski definition) is 0. The Morgan fingerprint density at radius 3 is 2.79 bits per heavy atom. The number of nitrogens with zero attached hydrogens (tertiary/aromatic N) is 4. The third-order valence-corrected chi connectivity index (χ3v) is 2.97. The van der Waals surface area contributed by atoms with E-state index in [1.165, 1.54) is 11.1 Å². The van der Waals surface area contributed by atoms with Crippen LogP contribution in [-0.4, -0.2) is 27.7 Å². The Kier molecular flexibility index (Phi) is 4.16. The van der Waals surface area contributed by atoms with Crippen LogP contribution >= 0.6 is 11.6 Å². The Bertz CT molecular complexity index is 564. The van der Waals surface area contributed by atoms with E-state index in [4.69, 9.17) is 11.6 Å². The van der Waals surface area contributed by atoms with Gasteiger partial charge in [-0.15, -0.1) is 0 Å². The number of rotatable bonds is 4. The maximum absolute atomic E-state index is 12.0. The van der Waals surface area contributed by atoms with Gasteiger partial charge in [0, 0.05) is 32.4 Å². The second-order valence-corrected chi connectivity index (χ2v) is 4.75. The standard InChI is InChI=1S/C13H15ClN4O/c1-10-7-16-18(9-10)6-5-13(19)17(2)12-4-3-11(14)8-15-12/h3-4,7-9H,5-6H2,1-2H3. The van der Waals surface area contributed by atoms with Crippen LogP contribution in [0.4, 0.5) is 5.82 Å². The summed E-state index contributed by atoms with van der Waals surface area (Å²) >= 11 is 5.76. The summed E-state index contributed by atoms with van der Waals surface area (Å²) in [5, 5.41) is 4.70. The molecule has 6 heteroatoms. The summed E-state index contributed by atoms with van der Waals surface area (Å²) in [5.74, 6) is 0.578. The van der Waals surface area contributed by atoms with E-state index in [0.29, 0.717) is 23.8 Å². The van der Waals surface area contributed by atoms with Gasteiger partial charge < -0.3 is 0 Å². The summed E-state index contributed by atoms with van der Waals surface area (Å²) in [6.45, 7) is 2.53. The molecule has 2 aromatic rings. The third kappa shape index (κ3) is 3.54. The molecule has 0 saturated carbocycles. The van der Waals surface area contributed by atoms with Crippen molar-refractivity contribution in [2.75, 3.05) is 11.9 Å². The predicted octanol–water partition coefficient (Wildman–Crippen LogP) is 2.29. The largest absolute Gasteiger partial charge is 0.300 e. The molecule has 100 valence electrons. The zero-order chi connectivity index (χ0) is 13.8. The molecule has 0 fully saturated rings. The smallest absolute Gasteiger partial charge is 0.229 e. The first-order valence-corrected chi connectivity index (χ1v) is 6.31. The van der Waals surface area contributed by atoms with Crippen LogP contribution in [-0.2, 0) is 11.3 Å². The van der Waals surface area contributed by atoms with Gasteiger partial charge in [0.05, 0.1) is 11.2 Å². The van der Waals surface area contributed by atoms with E-state index in [1.807, 2.05) is 13.1 Å². The van der Waals surface area contributed by atoms with Gasteiger partial charge >= 0.3 is 0 Å². The fraction of sp³-hybridized carbons (Fsp3) is 0.308. The van der Waals surface area contributed by atoms with Gasteiger partial charge in [0.25, 0.3) is 0 Å². The highest BCUT2D eigenvalue weighted by molar-refractivity contribution is 6.30. The highest BCUT2D eigenvalue weighted by Crippen LogP contribution is 2.13. The number of halogens is 1. The van der Waals surface area contributed by atoms with Crippen LogP contribution in [0.25, 0.3) is 0 Å². The molecule has 0 bridgehead atoms. The Morgan fingerprint density at radius 2 is 2.21 bits per heavy atom. The first-order chi connectivity index (χ1) is 9.06. The second kappa shape index (κ2) is 5.84. The zero-order valence-corrected chi connectivity index (χ0v) is 11.6. The first kappa shape index (κ1) is 13.5. The fourth-order valence-corrected chi connectivity index (χ4v) is 1.77. The number of carbonyl (C=O) groups excluding carboxylic acids is 1. The number of amides is 1. The lowest BCUT2D eigenvalue weighted by Gasteiger charge is -2.16. The molecule has 19 heavy (non-hydrogen) atoms. The maximum atomic E-state index is 12.0. The fourth-order valence-electron chi connectivity index (χ4n) is 1.66. The van der Waals surface area contributed by atoms with Crippen LogP contribution < -0.4 is 4.90 Å². The van der Waals surface area contributed by atoms with E-state index in [2.05, 4.69) is 10.1 Å². The van der Waals surface area contributed by atoms with Crippen LogP contribution in [0.1, 0.15) is 12.0 Å². The molecule has 0 N–H and O–H groups in total. The summed E-state index contributed by atoms with van der Waals surface area (Å²) in [6.07, 6.45) is 5.59. The Hall–Kier alpha value is -1.88. The van der Waals surface area contributed by atoms with E-state index in [0.717, 1.165) is 5.56 Å². The molecule has 0 aliphatic carbocycles. The van der Waals surface area contributed by atoms with Gasteiger partial charge in [-0.2, -0.15) is 5.10 Å². The first-order valence-electron chi connectivity index (χ1n) is 5.93. The SMILES string of the molecule is Cc1cnn(CCC(=O)N(C)c2ccc(Cl)cn2)c1. The van der Waals surface area contributed by atoms with Gasteiger partial charge in [-0.25, -0.2) is 4.98 Å². The monoisotopic (exact) mass is 278 g/mol. The maximum Gasteiger partial charge on any atom is 0.229 e. The third-order valence-electron chi connectivity index (χ3n) is 2.75. The highest BCUT2D eigenvalue weighted by atomic mass is 35.5. The number of hydrogen-bond acceptors (Lipinski definition) is 3. The quantitative estimate of drug-likeness (QED) is 0.862. The van der Waals surface area contributed by atoms with Crippen molar-refractivity contribution in [3.63, 3.8) is 0 Å². The predicted molar refractivity (Wildman–Crippen MR) is 74.2 cm³/mol. The summed E-state index contributed by atoms with van der Waals surface area (Å²) < 4.78 is 1.76. The van der Waals surface area contributed by atoms with E-state index in [9.17, 15) is 4.79 Å². The van der Waals surface area contributed by atoms with Gasteiger partial charge in [-0.3, -0.25) is 14.4 Å². The van der Waals surface area contributed by atoms with Crippen molar-refractivity contribution in [2.45, 2.75) is 19.9 Å². The summed E-state index contributed by atoms with van der Waals surface area (Å²) in [5.41, 5.74) is 1.08. The number of aromatic nitrogens is 3.